The van der Waals surface area contributed by atoms with E-state index in [-0.39, 0.29) is 11.8 Å². The smallest absolute Gasteiger partial charge is 0.331 e. The van der Waals surface area contributed by atoms with Gasteiger partial charge in [-0.05, 0) is 42.7 Å². The summed E-state index contributed by atoms with van der Waals surface area (Å²) in [6.45, 7) is 2.12. The van der Waals surface area contributed by atoms with Crippen molar-refractivity contribution in [3.8, 4) is 0 Å². The lowest BCUT2D eigenvalue weighted by Crippen LogP contribution is -2.04. The predicted octanol–water partition coefficient (Wildman–Crippen LogP) is 3.27. The van der Waals surface area contributed by atoms with Crippen LogP contribution in [0.5, 0.6) is 0 Å². The maximum absolute atomic E-state index is 13.2. The minimum atomic E-state index is -0.357. The van der Waals surface area contributed by atoms with E-state index in [4.69, 9.17) is 4.74 Å². The normalized spacial score (nSPS) is 16.7. The van der Waals surface area contributed by atoms with Crippen LogP contribution in [0.25, 0.3) is 5.57 Å². The van der Waals surface area contributed by atoms with Crippen molar-refractivity contribution in [3.05, 3.63) is 35.7 Å². The first-order valence-corrected chi connectivity index (χ1v) is 6.49. The van der Waals surface area contributed by atoms with Gasteiger partial charge >= 0.3 is 5.97 Å². The van der Waals surface area contributed by atoms with Crippen LogP contribution in [0.1, 0.15) is 18.9 Å². The summed E-state index contributed by atoms with van der Waals surface area (Å²) in [5.41, 5.74) is 1.67. The van der Waals surface area contributed by atoms with Crippen molar-refractivity contribution in [2.45, 2.75) is 18.2 Å². The van der Waals surface area contributed by atoms with E-state index in [1.165, 1.54) is 18.2 Å². The number of allylic oxidation sites excluding steroid dienone is 1. The maximum atomic E-state index is 13.2. The third-order valence-electron chi connectivity index (χ3n) is 2.50. The molecular formula is C13H13FO2S. The summed E-state index contributed by atoms with van der Waals surface area (Å²) < 4.78 is 18.1. The number of fused-ring (bicyclic) bond motifs is 1. The second-order valence-electron chi connectivity index (χ2n) is 3.66. The van der Waals surface area contributed by atoms with Crippen molar-refractivity contribution in [3.63, 3.8) is 0 Å². The highest BCUT2D eigenvalue weighted by molar-refractivity contribution is 7.99. The van der Waals surface area contributed by atoms with Gasteiger partial charge in [-0.3, -0.25) is 0 Å². The van der Waals surface area contributed by atoms with Gasteiger partial charge in [0.05, 0.1) is 6.61 Å². The van der Waals surface area contributed by atoms with Crippen molar-refractivity contribution in [1.29, 1.82) is 0 Å². The molecule has 0 N–H and O–H groups in total. The van der Waals surface area contributed by atoms with Crippen molar-refractivity contribution in [2.24, 2.45) is 0 Å². The Morgan fingerprint density at radius 1 is 1.59 bits per heavy atom. The van der Waals surface area contributed by atoms with Crippen LogP contribution in [-0.4, -0.2) is 18.3 Å². The molecule has 0 saturated heterocycles. The molecule has 0 saturated carbocycles. The number of ether oxygens (including phenoxy) is 1. The highest BCUT2D eigenvalue weighted by atomic mass is 32.2. The number of halogens is 1. The van der Waals surface area contributed by atoms with Crippen molar-refractivity contribution >= 4 is 23.3 Å². The van der Waals surface area contributed by atoms with E-state index in [2.05, 4.69) is 0 Å². The Morgan fingerprint density at radius 2 is 2.41 bits per heavy atom. The van der Waals surface area contributed by atoms with Crippen LogP contribution >= 0.6 is 11.8 Å². The first-order valence-electron chi connectivity index (χ1n) is 5.50. The van der Waals surface area contributed by atoms with Crippen LogP contribution in [0.15, 0.2) is 29.2 Å². The van der Waals surface area contributed by atoms with Gasteiger partial charge in [0.1, 0.15) is 5.82 Å². The fraction of sp³-hybridized carbons (Fsp3) is 0.308. The Bertz CT molecular complexity index is 468. The van der Waals surface area contributed by atoms with Crippen LogP contribution in [0.3, 0.4) is 0 Å². The Morgan fingerprint density at radius 3 is 3.18 bits per heavy atom. The van der Waals surface area contributed by atoms with E-state index in [9.17, 15) is 9.18 Å². The number of esters is 1. The third-order valence-corrected chi connectivity index (χ3v) is 3.57. The lowest BCUT2D eigenvalue weighted by Gasteiger charge is -2.18. The van der Waals surface area contributed by atoms with E-state index < -0.39 is 0 Å². The summed E-state index contributed by atoms with van der Waals surface area (Å²) >= 11 is 1.68. The highest BCUT2D eigenvalue weighted by Crippen LogP contribution is 2.37. The Kier molecular flexibility index (Phi) is 3.84. The van der Waals surface area contributed by atoms with Gasteiger partial charge in [-0.2, -0.15) is 0 Å². The van der Waals surface area contributed by atoms with E-state index in [0.717, 1.165) is 28.2 Å². The molecule has 17 heavy (non-hydrogen) atoms. The molecule has 2 rings (SSSR count). The topological polar surface area (TPSA) is 26.3 Å². The lowest BCUT2D eigenvalue weighted by atomic mass is 10.0. The van der Waals surface area contributed by atoms with E-state index >= 15 is 0 Å². The summed E-state index contributed by atoms with van der Waals surface area (Å²) in [6.07, 6.45) is 2.24. The fourth-order valence-corrected chi connectivity index (χ4v) is 2.81. The second-order valence-corrected chi connectivity index (χ2v) is 4.80. The number of carbonyl (C=O) groups excluding carboxylic acids is 1. The van der Waals surface area contributed by atoms with E-state index in [0.29, 0.717) is 6.61 Å². The van der Waals surface area contributed by atoms with Crippen molar-refractivity contribution in [1.82, 2.24) is 0 Å². The summed E-state index contributed by atoms with van der Waals surface area (Å²) in [4.78, 5) is 12.4. The van der Waals surface area contributed by atoms with Gasteiger partial charge in [0.25, 0.3) is 0 Å². The third kappa shape index (κ3) is 2.88. The number of carbonyl (C=O) groups is 1. The summed E-state index contributed by atoms with van der Waals surface area (Å²) in [7, 11) is 0. The van der Waals surface area contributed by atoms with Crippen LogP contribution in [0.2, 0.25) is 0 Å². The molecule has 90 valence electrons. The zero-order valence-electron chi connectivity index (χ0n) is 9.53. The van der Waals surface area contributed by atoms with Crippen LogP contribution in [0, 0.1) is 5.82 Å². The molecule has 1 aliphatic rings. The predicted molar refractivity (Wildman–Crippen MR) is 66.4 cm³/mol. The Labute approximate surface area is 104 Å². The number of thioether (sulfide) groups is 1. The molecule has 1 aliphatic heterocycles. The molecule has 0 bridgehead atoms. The van der Waals surface area contributed by atoms with Gasteiger partial charge in [-0.25, -0.2) is 9.18 Å². The fourth-order valence-electron chi connectivity index (χ4n) is 1.76. The first-order chi connectivity index (χ1) is 8.20. The molecular weight excluding hydrogens is 239 g/mol. The zero-order valence-corrected chi connectivity index (χ0v) is 10.3. The molecule has 0 radical (unpaired) electrons. The number of benzene rings is 1. The molecule has 0 spiro atoms. The molecule has 1 aromatic rings. The second kappa shape index (κ2) is 5.36. The zero-order chi connectivity index (χ0) is 12.3. The van der Waals surface area contributed by atoms with Gasteiger partial charge in [0, 0.05) is 16.7 Å². The molecule has 0 aromatic heterocycles. The molecule has 0 amide bonds. The molecule has 1 heterocycles. The van der Waals surface area contributed by atoms with Crippen LogP contribution in [0.4, 0.5) is 4.39 Å². The lowest BCUT2D eigenvalue weighted by molar-refractivity contribution is -0.137. The summed E-state index contributed by atoms with van der Waals surface area (Å²) in [6, 6.07) is 4.68. The molecule has 4 heteroatoms. The number of rotatable bonds is 2. The van der Waals surface area contributed by atoms with Crippen LogP contribution in [-0.2, 0) is 9.53 Å². The summed E-state index contributed by atoms with van der Waals surface area (Å²) in [5.74, 6) is 0.273. The number of hydrogen-bond donors (Lipinski definition) is 0. The first kappa shape index (κ1) is 12.2. The minimum Gasteiger partial charge on any atom is -0.463 e. The van der Waals surface area contributed by atoms with Gasteiger partial charge < -0.3 is 4.74 Å². The Balaban J connectivity index is 2.33. The van der Waals surface area contributed by atoms with E-state index in [1.54, 1.807) is 24.8 Å². The van der Waals surface area contributed by atoms with Gasteiger partial charge in [-0.1, -0.05) is 0 Å². The number of hydrogen-bond acceptors (Lipinski definition) is 3. The molecule has 0 fully saturated rings. The van der Waals surface area contributed by atoms with Gasteiger partial charge in [-0.15, -0.1) is 11.8 Å². The minimum absolute atomic E-state index is 0.277. The Hall–Kier alpha value is -1.29. The standard InChI is InChI=1S/C13H13FO2S/c1-2-16-13(15)7-9-5-6-17-12-4-3-10(14)8-11(9)12/h3-4,7-8H,2,5-6H2,1H3/b9-7-. The van der Waals surface area contributed by atoms with E-state index in [1.807, 2.05) is 0 Å². The maximum Gasteiger partial charge on any atom is 0.331 e. The van der Waals surface area contributed by atoms with Crippen LogP contribution < -0.4 is 0 Å². The monoisotopic (exact) mass is 252 g/mol. The molecule has 0 unspecified atom stereocenters. The largest absolute Gasteiger partial charge is 0.463 e. The molecule has 0 aliphatic carbocycles. The summed E-state index contributed by atoms with van der Waals surface area (Å²) in [5, 5.41) is 0. The molecule has 2 nitrogen and oxygen atoms in total. The molecule has 1 aromatic carbocycles. The average Bonchev–Trinajstić information content (AvgIpc) is 2.30. The molecule has 0 atom stereocenters. The SMILES string of the molecule is CCOC(=O)/C=C1/CCSc2ccc(F)cc21. The van der Waals surface area contributed by atoms with Gasteiger partial charge in [0.15, 0.2) is 0 Å². The van der Waals surface area contributed by atoms with Crippen molar-refractivity contribution < 1.29 is 13.9 Å². The highest BCUT2D eigenvalue weighted by Gasteiger charge is 2.16. The quantitative estimate of drug-likeness (QED) is 0.597. The van der Waals surface area contributed by atoms with Gasteiger partial charge in [0.2, 0.25) is 0 Å². The average molecular weight is 252 g/mol. The van der Waals surface area contributed by atoms with Crippen molar-refractivity contribution in [2.75, 3.05) is 12.4 Å².